The summed E-state index contributed by atoms with van der Waals surface area (Å²) in [5, 5.41) is 4.62. The van der Waals surface area contributed by atoms with E-state index < -0.39 is 6.03 Å². The summed E-state index contributed by atoms with van der Waals surface area (Å²) in [4.78, 5) is 24.9. The van der Waals surface area contributed by atoms with E-state index in [1.165, 1.54) is 7.05 Å². The molecule has 0 aliphatic carbocycles. The minimum Gasteiger partial charge on any atom is -0.371 e. The van der Waals surface area contributed by atoms with Crippen LogP contribution in [0.15, 0.2) is 0 Å². The summed E-state index contributed by atoms with van der Waals surface area (Å²) in [6, 6.07) is -0.883. The van der Waals surface area contributed by atoms with Gasteiger partial charge in [-0.1, -0.05) is 0 Å². The van der Waals surface area contributed by atoms with E-state index in [-0.39, 0.29) is 24.2 Å². The maximum atomic E-state index is 11.8. The molecule has 3 unspecified atom stereocenters. The van der Waals surface area contributed by atoms with Crippen LogP contribution in [-0.2, 0) is 9.53 Å². The predicted molar refractivity (Wildman–Crippen MR) is 67.0 cm³/mol. The molecule has 3 amide bonds. The Bertz CT molecular complexity index is 311. The molecule has 4 N–H and O–H groups in total. The number of rotatable bonds is 3. The number of hydrogen-bond donors (Lipinski definition) is 3. The monoisotopic (exact) mass is 258 g/mol. The number of hydrogen-bond acceptors (Lipinski definition) is 5. The third-order valence-electron chi connectivity index (χ3n) is 3.01. The highest BCUT2D eigenvalue weighted by molar-refractivity contribution is 5.96. The fraction of sp³-hybridized carbons (Fsp3) is 0.818. The first-order valence-electron chi connectivity index (χ1n) is 6.10. The van der Waals surface area contributed by atoms with Crippen LogP contribution in [0.1, 0.15) is 13.8 Å². The average molecular weight is 258 g/mol. The van der Waals surface area contributed by atoms with Crippen molar-refractivity contribution >= 4 is 11.9 Å². The zero-order valence-corrected chi connectivity index (χ0v) is 11.1. The second-order valence-electron chi connectivity index (χ2n) is 4.50. The molecule has 0 radical (unpaired) electrons. The van der Waals surface area contributed by atoms with Crippen LogP contribution in [0.5, 0.6) is 0 Å². The molecule has 1 fully saturated rings. The summed E-state index contributed by atoms with van der Waals surface area (Å²) in [6.45, 7) is 5.38. The summed E-state index contributed by atoms with van der Waals surface area (Å²) >= 11 is 0. The van der Waals surface area contributed by atoms with E-state index in [4.69, 9.17) is 10.5 Å². The molecule has 1 heterocycles. The molecular weight excluding hydrogens is 236 g/mol. The predicted octanol–water partition coefficient (Wildman–Crippen LogP) is -1.12. The van der Waals surface area contributed by atoms with Gasteiger partial charge in [0.05, 0.1) is 18.2 Å². The Balaban J connectivity index is 2.56. The first-order valence-corrected chi connectivity index (χ1v) is 6.10. The molecule has 0 spiro atoms. The van der Waals surface area contributed by atoms with Crippen molar-refractivity contribution in [1.29, 1.82) is 0 Å². The largest absolute Gasteiger partial charge is 0.371 e. The zero-order chi connectivity index (χ0) is 13.7. The molecule has 0 aromatic heterocycles. The Labute approximate surface area is 107 Å². The van der Waals surface area contributed by atoms with Crippen LogP contribution in [0, 0.1) is 0 Å². The van der Waals surface area contributed by atoms with Gasteiger partial charge in [0.1, 0.15) is 0 Å². The van der Waals surface area contributed by atoms with E-state index in [0.717, 1.165) is 0 Å². The van der Waals surface area contributed by atoms with E-state index in [1.54, 1.807) is 6.92 Å². The van der Waals surface area contributed by atoms with Crippen molar-refractivity contribution in [2.45, 2.75) is 32.1 Å². The van der Waals surface area contributed by atoms with Gasteiger partial charge in [-0.3, -0.25) is 15.0 Å². The van der Waals surface area contributed by atoms with Crippen LogP contribution < -0.4 is 16.4 Å². The third kappa shape index (κ3) is 3.94. The Kier molecular flexibility index (Phi) is 5.52. The van der Waals surface area contributed by atoms with Gasteiger partial charge in [-0.2, -0.15) is 0 Å². The summed E-state index contributed by atoms with van der Waals surface area (Å²) in [5.41, 5.74) is 5.59. The second kappa shape index (κ2) is 6.67. The number of amides is 3. The molecule has 7 heteroatoms. The number of nitrogens with zero attached hydrogens (tertiary/aromatic N) is 1. The van der Waals surface area contributed by atoms with Gasteiger partial charge >= 0.3 is 6.03 Å². The molecule has 1 aliphatic rings. The fourth-order valence-corrected chi connectivity index (χ4v) is 1.97. The van der Waals surface area contributed by atoms with E-state index in [0.29, 0.717) is 19.6 Å². The van der Waals surface area contributed by atoms with Gasteiger partial charge in [0.25, 0.3) is 0 Å². The normalized spacial score (nSPS) is 26.4. The molecule has 3 atom stereocenters. The smallest absolute Gasteiger partial charge is 0.321 e. The lowest BCUT2D eigenvalue weighted by molar-refractivity contribution is -0.131. The molecule has 104 valence electrons. The molecule has 1 aliphatic heterocycles. The Morgan fingerprint density at radius 1 is 1.50 bits per heavy atom. The van der Waals surface area contributed by atoms with Gasteiger partial charge in [-0.15, -0.1) is 0 Å². The quantitative estimate of drug-likeness (QED) is 0.596. The van der Waals surface area contributed by atoms with Crippen molar-refractivity contribution in [3.05, 3.63) is 0 Å². The number of carbonyl (C=O) groups is 2. The molecule has 18 heavy (non-hydrogen) atoms. The topological polar surface area (TPSA) is 96.7 Å². The lowest BCUT2D eigenvalue weighted by atomic mass is 10.1. The van der Waals surface area contributed by atoms with Crippen molar-refractivity contribution in [3.8, 4) is 0 Å². The van der Waals surface area contributed by atoms with Gasteiger partial charge in [0.2, 0.25) is 5.91 Å². The fourth-order valence-electron chi connectivity index (χ4n) is 1.97. The van der Waals surface area contributed by atoms with Crippen molar-refractivity contribution in [1.82, 2.24) is 15.5 Å². The van der Waals surface area contributed by atoms with Gasteiger partial charge in [0.15, 0.2) is 0 Å². The summed E-state index contributed by atoms with van der Waals surface area (Å²) in [5.74, 6) is -0.320. The lowest BCUT2D eigenvalue weighted by Gasteiger charge is -2.38. The van der Waals surface area contributed by atoms with Gasteiger partial charge in [0, 0.05) is 26.7 Å². The molecule has 1 saturated heterocycles. The molecule has 7 nitrogen and oxygen atoms in total. The zero-order valence-electron chi connectivity index (χ0n) is 11.1. The maximum absolute atomic E-state index is 11.8. The van der Waals surface area contributed by atoms with Crippen LogP contribution in [0.25, 0.3) is 0 Å². The number of imide groups is 1. The number of urea groups is 1. The number of nitrogens with two attached hydrogens (primary N) is 1. The highest BCUT2D eigenvalue weighted by atomic mass is 16.5. The Morgan fingerprint density at radius 2 is 2.17 bits per heavy atom. The molecule has 0 aromatic carbocycles. The molecule has 0 bridgehead atoms. The minimum atomic E-state index is -0.497. The first-order chi connectivity index (χ1) is 8.47. The van der Waals surface area contributed by atoms with E-state index in [2.05, 4.69) is 10.6 Å². The summed E-state index contributed by atoms with van der Waals surface area (Å²) in [6.07, 6.45) is -0.0356. The summed E-state index contributed by atoms with van der Waals surface area (Å²) in [7, 11) is 1.47. The van der Waals surface area contributed by atoms with Gasteiger partial charge < -0.3 is 15.8 Å². The average Bonchev–Trinajstić information content (AvgIpc) is 2.36. The highest BCUT2D eigenvalue weighted by Gasteiger charge is 2.30. The molecule has 0 saturated carbocycles. The first kappa shape index (κ1) is 14.9. The van der Waals surface area contributed by atoms with E-state index in [9.17, 15) is 9.59 Å². The van der Waals surface area contributed by atoms with Crippen LogP contribution >= 0.6 is 0 Å². The minimum absolute atomic E-state index is 0.0301. The lowest BCUT2D eigenvalue weighted by Crippen LogP contribution is -2.57. The van der Waals surface area contributed by atoms with Crippen LogP contribution in [0.2, 0.25) is 0 Å². The van der Waals surface area contributed by atoms with Crippen LogP contribution in [0.3, 0.4) is 0 Å². The number of morpholine rings is 1. The SMILES string of the molecule is CNC(=O)NC(=O)C(C)N1CC(C)OC(CN)C1. The number of carbonyl (C=O) groups excluding carboxylic acids is 2. The van der Waals surface area contributed by atoms with E-state index >= 15 is 0 Å². The number of ether oxygens (including phenoxy) is 1. The van der Waals surface area contributed by atoms with Crippen LogP contribution in [0.4, 0.5) is 4.79 Å². The molecule has 1 rings (SSSR count). The third-order valence-corrected chi connectivity index (χ3v) is 3.01. The summed E-state index contributed by atoms with van der Waals surface area (Å²) < 4.78 is 5.62. The van der Waals surface area contributed by atoms with Crippen molar-refractivity contribution in [3.63, 3.8) is 0 Å². The number of nitrogens with one attached hydrogen (secondary N) is 2. The Morgan fingerprint density at radius 3 is 2.72 bits per heavy atom. The van der Waals surface area contributed by atoms with Gasteiger partial charge in [-0.05, 0) is 13.8 Å². The van der Waals surface area contributed by atoms with Crippen LogP contribution in [-0.4, -0.2) is 61.8 Å². The van der Waals surface area contributed by atoms with E-state index in [1.807, 2.05) is 11.8 Å². The van der Waals surface area contributed by atoms with Crippen molar-refractivity contribution < 1.29 is 14.3 Å². The standard InChI is InChI=1S/C11H22N4O3/c1-7-5-15(6-9(4-12)18-7)8(2)10(16)14-11(17)13-3/h7-9H,4-6,12H2,1-3H3,(H2,13,14,16,17). The second-order valence-corrected chi connectivity index (χ2v) is 4.50. The Hall–Kier alpha value is -1.18. The highest BCUT2D eigenvalue weighted by Crippen LogP contribution is 2.13. The molecule has 0 aromatic rings. The van der Waals surface area contributed by atoms with Crippen molar-refractivity contribution in [2.75, 3.05) is 26.7 Å². The maximum Gasteiger partial charge on any atom is 0.321 e. The van der Waals surface area contributed by atoms with Gasteiger partial charge in [-0.25, -0.2) is 4.79 Å². The van der Waals surface area contributed by atoms with Crippen molar-refractivity contribution in [2.24, 2.45) is 5.73 Å². The molecular formula is C11H22N4O3.